The molecule has 1 fully saturated rings. The standard InChI is InChI=1S/C15H31NO/c1-14(2,3)13-7-6-10-16(11-8-13)12-9-15(4,5)17/h13,17H,6-12H2,1-5H3. The van der Waals surface area contributed by atoms with E-state index in [4.69, 9.17) is 0 Å². The molecule has 0 amide bonds. The van der Waals surface area contributed by atoms with E-state index in [1.807, 2.05) is 13.8 Å². The Labute approximate surface area is 107 Å². The van der Waals surface area contributed by atoms with E-state index in [0.717, 1.165) is 18.9 Å². The van der Waals surface area contributed by atoms with Crippen LogP contribution in [-0.4, -0.2) is 35.2 Å². The second kappa shape index (κ2) is 5.71. The highest BCUT2D eigenvalue weighted by Gasteiger charge is 2.27. The minimum Gasteiger partial charge on any atom is -0.390 e. The van der Waals surface area contributed by atoms with E-state index in [1.54, 1.807) is 0 Å². The van der Waals surface area contributed by atoms with Gasteiger partial charge < -0.3 is 10.0 Å². The maximum Gasteiger partial charge on any atom is 0.0603 e. The van der Waals surface area contributed by atoms with Gasteiger partial charge in [-0.05, 0) is 64.0 Å². The molecule has 1 rings (SSSR count). The summed E-state index contributed by atoms with van der Waals surface area (Å²) in [6.07, 6.45) is 4.87. The zero-order valence-electron chi connectivity index (χ0n) is 12.4. The van der Waals surface area contributed by atoms with Crippen molar-refractivity contribution in [2.45, 2.75) is 65.9 Å². The summed E-state index contributed by atoms with van der Waals surface area (Å²) in [5.41, 5.74) is -0.0675. The molecule has 0 bridgehead atoms. The van der Waals surface area contributed by atoms with Crippen molar-refractivity contribution in [3.05, 3.63) is 0 Å². The number of hydrogen-bond donors (Lipinski definition) is 1. The number of hydrogen-bond acceptors (Lipinski definition) is 2. The summed E-state index contributed by atoms with van der Waals surface area (Å²) < 4.78 is 0. The lowest BCUT2D eigenvalue weighted by Crippen LogP contribution is -2.32. The highest BCUT2D eigenvalue weighted by atomic mass is 16.3. The molecule has 102 valence electrons. The second-order valence-corrected chi connectivity index (χ2v) is 7.40. The molecular weight excluding hydrogens is 210 g/mol. The van der Waals surface area contributed by atoms with Crippen molar-refractivity contribution in [2.75, 3.05) is 19.6 Å². The first-order valence-corrected chi connectivity index (χ1v) is 7.13. The Hall–Kier alpha value is -0.0800. The molecule has 2 nitrogen and oxygen atoms in total. The molecule has 2 heteroatoms. The third-order valence-corrected chi connectivity index (χ3v) is 4.09. The Morgan fingerprint density at radius 1 is 1.06 bits per heavy atom. The largest absolute Gasteiger partial charge is 0.390 e. The van der Waals surface area contributed by atoms with Gasteiger partial charge in [0.25, 0.3) is 0 Å². The Morgan fingerprint density at radius 2 is 1.71 bits per heavy atom. The van der Waals surface area contributed by atoms with E-state index in [9.17, 15) is 5.11 Å². The molecule has 1 N–H and O–H groups in total. The van der Waals surface area contributed by atoms with E-state index in [1.165, 1.54) is 32.4 Å². The van der Waals surface area contributed by atoms with Crippen LogP contribution in [0.25, 0.3) is 0 Å². The van der Waals surface area contributed by atoms with Gasteiger partial charge in [-0.15, -0.1) is 0 Å². The van der Waals surface area contributed by atoms with Crippen LogP contribution in [0.2, 0.25) is 0 Å². The van der Waals surface area contributed by atoms with Gasteiger partial charge in [-0.1, -0.05) is 20.8 Å². The maximum atomic E-state index is 9.77. The molecule has 1 heterocycles. The number of rotatable bonds is 3. The number of aliphatic hydroxyl groups is 1. The van der Waals surface area contributed by atoms with E-state index in [-0.39, 0.29) is 0 Å². The molecule has 0 aromatic carbocycles. The zero-order valence-corrected chi connectivity index (χ0v) is 12.4. The fourth-order valence-corrected chi connectivity index (χ4v) is 2.68. The maximum absolute atomic E-state index is 9.77. The van der Waals surface area contributed by atoms with E-state index >= 15 is 0 Å². The molecule has 17 heavy (non-hydrogen) atoms. The molecule has 1 atom stereocenters. The van der Waals surface area contributed by atoms with Gasteiger partial charge in [-0.25, -0.2) is 0 Å². The average molecular weight is 241 g/mol. The summed E-state index contributed by atoms with van der Waals surface area (Å²) in [6.45, 7) is 14.4. The minimum atomic E-state index is -0.518. The molecule has 0 aromatic rings. The quantitative estimate of drug-likeness (QED) is 0.819. The van der Waals surface area contributed by atoms with Crippen molar-refractivity contribution >= 4 is 0 Å². The van der Waals surface area contributed by atoms with Gasteiger partial charge in [-0.2, -0.15) is 0 Å². The van der Waals surface area contributed by atoms with Crippen LogP contribution in [0.4, 0.5) is 0 Å². The molecular formula is C15H31NO. The fourth-order valence-electron chi connectivity index (χ4n) is 2.68. The van der Waals surface area contributed by atoms with Crippen LogP contribution in [-0.2, 0) is 0 Å². The predicted octanol–water partition coefficient (Wildman–Crippen LogP) is 3.30. The smallest absolute Gasteiger partial charge is 0.0603 e. The normalized spacial score (nSPS) is 24.7. The van der Waals surface area contributed by atoms with Crippen LogP contribution in [0.5, 0.6) is 0 Å². The second-order valence-electron chi connectivity index (χ2n) is 7.40. The lowest BCUT2D eigenvalue weighted by atomic mass is 9.77. The lowest BCUT2D eigenvalue weighted by Gasteiger charge is -2.30. The topological polar surface area (TPSA) is 23.5 Å². The Balaban J connectivity index is 2.38. The van der Waals surface area contributed by atoms with Crippen molar-refractivity contribution in [2.24, 2.45) is 11.3 Å². The van der Waals surface area contributed by atoms with E-state index < -0.39 is 5.60 Å². The van der Waals surface area contributed by atoms with Crippen LogP contribution in [0.1, 0.15) is 60.3 Å². The van der Waals surface area contributed by atoms with Crippen molar-refractivity contribution in [3.8, 4) is 0 Å². The van der Waals surface area contributed by atoms with Gasteiger partial charge >= 0.3 is 0 Å². The highest BCUT2D eigenvalue weighted by Crippen LogP contribution is 2.34. The summed E-state index contributed by atoms with van der Waals surface area (Å²) >= 11 is 0. The molecule has 0 aromatic heterocycles. The first kappa shape index (κ1) is 15.0. The lowest BCUT2D eigenvalue weighted by molar-refractivity contribution is 0.0576. The van der Waals surface area contributed by atoms with Crippen molar-refractivity contribution in [1.82, 2.24) is 4.90 Å². The third kappa shape index (κ3) is 5.87. The Bertz CT molecular complexity index is 224. The van der Waals surface area contributed by atoms with Crippen molar-refractivity contribution in [3.63, 3.8) is 0 Å². The third-order valence-electron chi connectivity index (χ3n) is 4.09. The van der Waals surface area contributed by atoms with Crippen LogP contribution in [0.3, 0.4) is 0 Å². The van der Waals surface area contributed by atoms with Gasteiger partial charge in [0.1, 0.15) is 0 Å². The summed E-state index contributed by atoms with van der Waals surface area (Å²) in [6, 6.07) is 0. The highest BCUT2D eigenvalue weighted by molar-refractivity contribution is 4.79. The SMILES string of the molecule is CC(C)(O)CCN1CCCC(C(C)(C)C)CC1. The molecule has 0 aliphatic carbocycles. The monoisotopic (exact) mass is 241 g/mol. The summed E-state index contributed by atoms with van der Waals surface area (Å²) in [5.74, 6) is 0.856. The van der Waals surface area contributed by atoms with Gasteiger partial charge in [0, 0.05) is 6.54 Å². The molecule has 1 aliphatic rings. The predicted molar refractivity (Wildman–Crippen MR) is 74.2 cm³/mol. The average Bonchev–Trinajstić information content (AvgIpc) is 2.37. The van der Waals surface area contributed by atoms with Crippen LogP contribution in [0, 0.1) is 11.3 Å². The van der Waals surface area contributed by atoms with Gasteiger partial charge in [0.2, 0.25) is 0 Å². The van der Waals surface area contributed by atoms with Gasteiger partial charge in [0.05, 0.1) is 5.60 Å². The summed E-state index contributed by atoms with van der Waals surface area (Å²) in [5, 5.41) is 9.77. The Kier molecular flexibility index (Phi) is 5.03. The molecule has 1 saturated heterocycles. The first-order chi connectivity index (χ1) is 7.68. The van der Waals surface area contributed by atoms with Crippen LogP contribution in [0.15, 0.2) is 0 Å². The molecule has 1 aliphatic heterocycles. The van der Waals surface area contributed by atoms with Crippen LogP contribution < -0.4 is 0 Å². The van der Waals surface area contributed by atoms with E-state index in [2.05, 4.69) is 25.7 Å². The molecule has 0 spiro atoms. The van der Waals surface area contributed by atoms with Gasteiger partial charge in [-0.3, -0.25) is 0 Å². The summed E-state index contributed by atoms with van der Waals surface area (Å²) in [4.78, 5) is 2.53. The number of likely N-dealkylation sites (tertiary alicyclic amines) is 1. The number of nitrogens with zero attached hydrogens (tertiary/aromatic N) is 1. The summed E-state index contributed by atoms with van der Waals surface area (Å²) in [7, 11) is 0. The first-order valence-electron chi connectivity index (χ1n) is 7.13. The van der Waals surface area contributed by atoms with Crippen molar-refractivity contribution in [1.29, 1.82) is 0 Å². The van der Waals surface area contributed by atoms with E-state index in [0.29, 0.717) is 5.41 Å². The molecule has 1 unspecified atom stereocenters. The molecule has 0 saturated carbocycles. The fraction of sp³-hybridized carbons (Fsp3) is 1.00. The molecule has 0 radical (unpaired) electrons. The Morgan fingerprint density at radius 3 is 2.24 bits per heavy atom. The van der Waals surface area contributed by atoms with Gasteiger partial charge in [0.15, 0.2) is 0 Å². The van der Waals surface area contributed by atoms with Crippen molar-refractivity contribution < 1.29 is 5.11 Å². The van der Waals surface area contributed by atoms with Crippen LogP contribution >= 0.6 is 0 Å². The minimum absolute atomic E-state index is 0.451. The zero-order chi connectivity index (χ0) is 13.1.